The molecule has 0 heterocycles. The Hall–Kier alpha value is -0.760. The van der Waals surface area contributed by atoms with Crippen LogP contribution in [0.4, 0.5) is 0 Å². The Balaban J connectivity index is 4.25. The first-order valence-electron chi connectivity index (χ1n) is 18.8. The number of aliphatic hydroxyl groups is 1. The van der Waals surface area contributed by atoms with Crippen molar-refractivity contribution >= 4 is 13.7 Å². The molecular formula is C36H73N2O6P. The van der Waals surface area contributed by atoms with E-state index >= 15 is 0 Å². The summed E-state index contributed by atoms with van der Waals surface area (Å²) in [5.41, 5.74) is 5.35. The van der Waals surface area contributed by atoms with Crippen LogP contribution in [-0.4, -0.2) is 47.8 Å². The molecule has 268 valence electrons. The summed E-state index contributed by atoms with van der Waals surface area (Å²) in [6.07, 6.45) is 33.5. The van der Waals surface area contributed by atoms with Gasteiger partial charge in [-0.1, -0.05) is 148 Å². The summed E-state index contributed by atoms with van der Waals surface area (Å²) in [7, 11) is -4.30. The van der Waals surface area contributed by atoms with Crippen LogP contribution in [0.5, 0.6) is 0 Å². The second kappa shape index (κ2) is 33.2. The van der Waals surface area contributed by atoms with Crippen LogP contribution in [0.3, 0.4) is 0 Å². The molecule has 9 heteroatoms. The predicted molar refractivity (Wildman–Crippen MR) is 189 cm³/mol. The van der Waals surface area contributed by atoms with Gasteiger partial charge in [-0.05, 0) is 38.5 Å². The summed E-state index contributed by atoms with van der Waals surface area (Å²) in [6.45, 7) is 4.18. The fourth-order valence-electron chi connectivity index (χ4n) is 5.48. The van der Waals surface area contributed by atoms with E-state index < -0.39 is 20.0 Å². The highest BCUT2D eigenvalue weighted by atomic mass is 31.2. The fraction of sp³-hybridized carbons (Fsp3) is 0.917. The molecule has 8 nitrogen and oxygen atoms in total. The van der Waals surface area contributed by atoms with Gasteiger partial charge >= 0.3 is 7.82 Å². The average molecular weight is 661 g/mol. The number of allylic oxidation sites excluding steroid dienone is 2. The number of nitrogens with two attached hydrogens (primary N) is 1. The number of rotatable bonds is 35. The number of phosphoric acid groups is 1. The van der Waals surface area contributed by atoms with E-state index in [4.69, 9.17) is 14.8 Å². The lowest BCUT2D eigenvalue weighted by atomic mass is 10.0. The van der Waals surface area contributed by atoms with Crippen molar-refractivity contribution in [2.75, 3.05) is 19.8 Å². The third-order valence-corrected chi connectivity index (χ3v) is 9.35. The maximum absolute atomic E-state index is 12.7. The highest BCUT2D eigenvalue weighted by Gasteiger charge is 2.27. The fourth-order valence-corrected chi connectivity index (χ4v) is 6.24. The summed E-state index contributed by atoms with van der Waals surface area (Å²) >= 11 is 0. The van der Waals surface area contributed by atoms with Crippen molar-refractivity contribution < 1.29 is 28.4 Å². The molecule has 3 atom stereocenters. The van der Waals surface area contributed by atoms with Gasteiger partial charge in [0.25, 0.3) is 0 Å². The third-order valence-electron chi connectivity index (χ3n) is 8.37. The van der Waals surface area contributed by atoms with Gasteiger partial charge in [-0.2, -0.15) is 0 Å². The molecule has 5 N–H and O–H groups in total. The largest absolute Gasteiger partial charge is 0.472 e. The normalized spacial score (nSPS) is 14.5. The Morgan fingerprint density at radius 2 is 1.16 bits per heavy atom. The third kappa shape index (κ3) is 31.6. The first-order valence-corrected chi connectivity index (χ1v) is 20.3. The van der Waals surface area contributed by atoms with E-state index in [0.717, 1.165) is 51.4 Å². The molecule has 0 rings (SSSR count). The molecule has 0 aromatic rings. The number of nitrogens with one attached hydrogen (secondary N) is 1. The SMILES string of the molecule is CCCCCCCC/C=C\CCCCCCCC(=O)NC(COP(=O)(O)OCCN)C(O)CCCCCCCCCCCCC. The molecule has 0 bridgehead atoms. The molecule has 45 heavy (non-hydrogen) atoms. The molecule has 0 aliphatic rings. The predicted octanol–water partition coefficient (Wildman–Crippen LogP) is 9.66. The lowest BCUT2D eigenvalue weighted by Crippen LogP contribution is -2.46. The lowest BCUT2D eigenvalue weighted by molar-refractivity contribution is -0.123. The van der Waals surface area contributed by atoms with Gasteiger partial charge in [-0.25, -0.2) is 4.57 Å². The van der Waals surface area contributed by atoms with Crippen LogP contribution < -0.4 is 11.1 Å². The van der Waals surface area contributed by atoms with Crippen molar-refractivity contribution in [3.05, 3.63) is 12.2 Å². The maximum atomic E-state index is 12.7. The van der Waals surface area contributed by atoms with Gasteiger partial charge in [0.2, 0.25) is 5.91 Å². The topological polar surface area (TPSA) is 131 Å². The van der Waals surface area contributed by atoms with Crippen LogP contribution in [-0.2, 0) is 18.4 Å². The first kappa shape index (κ1) is 44.2. The van der Waals surface area contributed by atoms with Crippen molar-refractivity contribution in [2.24, 2.45) is 5.73 Å². The monoisotopic (exact) mass is 661 g/mol. The van der Waals surface area contributed by atoms with E-state index in [1.807, 2.05) is 0 Å². The second-order valence-corrected chi connectivity index (χ2v) is 14.2. The molecule has 0 fully saturated rings. The molecule has 0 radical (unpaired) electrons. The minimum Gasteiger partial charge on any atom is -0.391 e. The number of aliphatic hydroxyl groups excluding tert-OH is 1. The number of carbonyl (C=O) groups excluding carboxylic acids is 1. The van der Waals surface area contributed by atoms with E-state index in [2.05, 4.69) is 31.3 Å². The van der Waals surface area contributed by atoms with Gasteiger partial charge in [0.15, 0.2) is 0 Å². The van der Waals surface area contributed by atoms with E-state index in [1.165, 1.54) is 103 Å². The van der Waals surface area contributed by atoms with Crippen LogP contribution in [0.25, 0.3) is 0 Å². The molecule has 0 aromatic heterocycles. The Kier molecular flexibility index (Phi) is 32.6. The smallest absolute Gasteiger partial charge is 0.391 e. The molecule has 1 amide bonds. The van der Waals surface area contributed by atoms with Crippen molar-refractivity contribution in [2.45, 2.75) is 193 Å². The average Bonchev–Trinajstić information content (AvgIpc) is 3.02. The highest BCUT2D eigenvalue weighted by molar-refractivity contribution is 7.47. The van der Waals surface area contributed by atoms with Gasteiger partial charge in [0.1, 0.15) is 0 Å². The van der Waals surface area contributed by atoms with Gasteiger partial charge in [-0.3, -0.25) is 13.8 Å². The van der Waals surface area contributed by atoms with E-state index in [9.17, 15) is 19.4 Å². The number of unbranched alkanes of at least 4 members (excludes halogenated alkanes) is 21. The molecule has 0 saturated carbocycles. The molecule has 0 saturated heterocycles. The van der Waals surface area contributed by atoms with Crippen LogP contribution in [0, 0.1) is 0 Å². The van der Waals surface area contributed by atoms with Gasteiger partial charge in [0.05, 0.1) is 25.4 Å². The Morgan fingerprint density at radius 1 is 0.711 bits per heavy atom. The van der Waals surface area contributed by atoms with E-state index in [0.29, 0.717) is 12.8 Å². The van der Waals surface area contributed by atoms with E-state index in [-0.39, 0.29) is 25.7 Å². The van der Waals surface area contributed by atoms with Gasteiger partial charge < -0.3 is 21.1 Å². The summed E-state index contributed by atoms with van der Waals surface area (Å²) in [5, 5.41) is 13.7. The van der Waals surface area contributed by atoms with Crippen LogP contribution in [0.1, 0.15) is 181 Å². The van der Waals surface area contributed by atoms with Crippen molar-refractivity contribution in [1.82, 2.24) is 5.32 Å². The zero-order valence-corrected chi connectivity index (χ0v) is 30.3. The van der Waals surface area contributed by atoms with Crippen molar-refractivity contribution in [3.63, 3.8) is 0 Å². The minimum atomic E-state index is -4.30. The van der Waals surface area contributed by atoms with Crippen molar-refractivity contribution in [3.8, 4) is 0 Å². The standard InChI is InChI=1S/C36H73N2O6P/c1-3-5-7-9-11-13-15-16-17-18-20-22-24-26-28-30-36(40)38-34(33-44-45(41,42)43-32-31-37)35(39)29-27-25-23-21-19-14-12-10-8-6-4-2/h16-17,34-35,39H,3-15,18-33,37H2,1-2H3,(H,38,40)(H,41,42)/b17-16-. The molecule has 0 spiro atoms. The Morgan fingerprint density at radius 3 is 1.64 bits per heavy atom. The molecule has 0 aromatic carbocycles. The quantitative estimate of drug-likeness (QED) is 0.0302. The zero-order valence-electron chi connectivity index (χ0n) is 29.4. The first-order chi connectivity index (χ1) is 21.9. The molecule has 3 unspecified atom stereocenters. The number of hydrogen-bond donors (Lipinski definition) is 4. The lowest BCUT2D eigenvalue weighted by Gasteiger charge is -2.25. The molecule has 0 aliphatic carbocycles. The Bertz CT molecular complexity index is 724. The summed E-state index contributed by atoms with van der Waals surface area (Å²) < 4.78 is 22.0. The Labute approximate surface area is 277 Å². The molecular weight excluding hydrogens is 587 g/mol. The number of phosphoric ester groups is 1. The van der Waals surface area contributed by atoms with Gasteiger partial charge in [0, 0.05) is 13.0 Å². The summed E-state index contributed by atoms with van der Waals surface area (Å²) in [4.78, 5) is 22.6. The number of carbonyl (C=O) groups is 1. The van der Waals surface area contributed by atoms with Crippen LogP contribution in [0.2, 0.25) is 0 Å². The maximum Gasteiger partial charge on any atom is 0.472 e. The van der Waals surface area contributed by atoms with Crippen molar-refractivity contribution in [1.29, 1.82) is 0 Å². The van der Waals surface area contributed by atoms with Crippen LogP contribution in [0.15, 0.2) is 12.2 Å². The second-order valence-electron chi connectivity index (χ2n) is 12.8. The molecule has 0 aliphatic heterocycles. The zero-order chi connectivity index (χ0) is 33.3. The summed E-state index contributed by atoms with van der Waals surface area (Å²) in [5.74, 6) is -0.171. The highest BCUT2D eigenvalue weighted by Crippen LogP contribution is 2.43. The minimum absolute atomic E-state index is 0.0888. The number of amides is 1. The van der Waals surface area contributed by atoms with E-state index in [1.54, 1.807) is 0 Å². The summed E-state index contributed by atoms with van der Waals surface area (Å²) in [6, 6.07) is -0.772. The van der Waals surface area contributed by atoms with Crippen LogP contribution >= 0.6 is 7.82 Å². The number of hydrogen-bond acceptors (Lipinski definition) is 6. The van der Waals surface area contributed by atoms with Gasteiger partial charge in [-0.15, -0.1) is 0 Å².